The second-order valence-electron chi connectivity index (χ2n) is 8.86. The Labute approximate surface area is 233 Å². The quantitative estimate of drug-likeness (QED) is 0.231. The number of carbonyl (C=O) groups is 1. The minimum Gasteiger partial charge on any atom is -0.497 e. The number of carbonyl (C=O) groups excluding carboxylic acids is 1. The molecular formula is C28H36N6O4S. The van der Waals surface area contributed by atoms with E-state index in [0.717, 1.165) is 44.7 Å². The number of nitrogens with one attached hydrogen (secondary N) is 1. The number of amides is 1. The normalized spacial score (nSPS) is 14.3. The van der Waals surface area contributed by atoms with Crippen molar-refractivity contribution in [3.8, 4) is 11.4 Å². The Bertz CT molecular complexity index is 1280. The van der Waals surface area contributed by atoms with Crippen LogP contribution in [0.1, 0.15) is 42.2 Å². The number of rotatable bonds is 14. The Hall–Kier alpha value is -3.25. The van der Waals surface area contributed by atoms with E-state index in [0.29, 0.717) is 45.3 Å². The smallest absolute Gasteiger partial charge is 0.222 e. The summed E-state index contributed by atoms with van der Waals surface area (Å²) in [6.07, 6.45) is 0.172. The van der Waals surface area contributed by atoms with Crippen LogP contribution in [0.4, 0.5) is 0 Å². The Morgan fingerprint density at radius 1 is 1.08 bits per heavy atom. The average Bonchev–Trinajstić information content (AvgIpc) is 3.27. The Kier molecular flexibility index (Phi) is 10.5. The molecule has 1 unspecified atom stereocenters. The lowest BCUT2D eigenvalue weighted by atomic mass is 10.00. The van der Waals surface area contributed by atoms with E-state index in [2.05, 4.69) is 39.8 Å². The van der Waals surface area contributed by atoms with Gasteiger partial charge in [0.1, 0.15) is 17.6 Å². The third-order valence-electron chi connectivity index (χ3n) is 6.14. The molecule has 3 aromatic rings. The predicted octanol–water partition coefficient (Wildman–Crippen LogP) is 3.09. The van der Waals surface area contributed by atoms with Crippen molar-refractivity contribution in [3.63, 3.8) is 0 Å². The van der Waals surface area contributed by atoms with Gasteiger partial charge < -0.3 is 25.3 Å². The molecule has 4 rings (SSSR count). The second kappa shape index (κ2) is 14.2. The van der Waals surface area contributed by atoms with E-state index < -0.39 is 6.04 Å². The molecule has 1 atom stereocenters. The number of fused-ring (bicyclic) bond motifs is 3. The molecule has 1 aromatic heterocycles. The van der Waals surface area contributed by atoms with E-state index in [1.165, 1.54) is 0 Å². The first-order valence-electron chi connectivity index (χ1n) is 13.1. The van der Waals surface area contributed by atoms with Gasteiger partial charge in [0.25, 0.3) is 0 Å². The standard InChI is InChI=1S/C28H36N6O4S/c1-4-30-26(35)18-24-28-33-32-19(2)34(28)25-10-7-21(36-3)17-23(25)27(31-24)20-5-8-22(9-6-20)39-16-15-38-14-13-37-12-11-29/h5-10,17,24H,4,11-16,18,29H2,1-3H3,(H,30,35). The van der Waals surface area contributed by atoms with E-state index in [1.807, 2.05) is 36.6 Å². The van der Waals surface area contributed by atoms with Crippen molar-refractivity contribution in [1.29, 1.82) is 0 Å². The second-order valence-corrected chi connectivity index (χ2v) is 10.0. The zero-order valence-corrected chi connectivity index (χ0v) is 23.5. The molecule has 2 aromatic carbocycles. The van der Waals surface area contributed by atoms with E-state index in [4.69, 9.17) is 24.9 Å². The highest BCUT2D eigenvalue weighted by atomic mass is 32.2. The number of aliphatic imine (C=N–C) groups is 1. The molecule has 0 bridgehead atoms. The molecule has 0 radical (unpaired) electrons. The SMILES string of the molecule is CCNC(=O)CC1N=C(c2ccc(SCCOCCOCCN)cc2)c2cc(OC)ccc2-n2c(C)nnc21. The summed E-state index contributed by atoms with van der Waals surface area (Å²) >= 11 is 1.73. The summed E-state index contributed by atoms with van der Waals surface area (Å²) in [6, 6.07) is 13.7. The van der Waals surface area contributed by atoms with Gasteiger partial charge in [-0.05, 0) is 44.2 Å². The van der Waals surface area contributed by atoms with Gasteiger partial charge in [-0.1, -0.05) is 12.1 Å². The van der Waals surface area contributed by atoms with Crippen LogP contribution in [0.2, 0.25) is 0 Å². The van der Waals surface area contributed by atoms with Gasteiger partial charge in [0.2, 0.25) is 5.91 Å². The molecule has 0 saturated carbocycles. The zero-order chi connectivity index (χ0) is 27.6. The fourth-order valence-corrected chi connectivity index (χ4v) is 5.11. The van der Waals surface area contributed by atoms with Gasteiger partial charge in [0.15, 0.2) is 5.82 Å². The molecule has 10 nitrogen and oxygen atoms in total. The summed E-state index contributed by atoms with van der Waals surface area (Å²) in [5.41, 5.74) is 8.92. The van der Waals surface area contributed by atoms with E-state index in [1.54, 1.807) is 18.9 Å². The Morgan fingerprint density at radius 3 is 2.56 bits per heavy atom. The van der Waals surface area contributed by atoms with Gasteiger partial charge in [-0.25, -0.2) is 0 Å². The fourth-order valence-electron chi connectivity index (χ4n) is 4.35. The van der Waals surface area contributed by atoms with Crippen molar-refractivity contribution in [3.05, 3.63) is 65.2 Å². The number of nitrogens with two attached hydrogens (primary N) is 1. The van der Waals surface area contributed by atoms with Crippen molar-refractivity contribution in [2.24, 2.45) is 10.7 Å². The van der Waals surface area contributed by atoms with Crippen LogP contribution in [-0.2, 0) is 14.3 Å². The third kappa shape index (κ3) is 7.24. The number of methoxy groups -OCH3 is 1. The summed E-state index contributed by atoms with van der Waals surface area (Å²) in [5.74, 6) is 2.84. The van der Waals surface area contributed by atoms with Crippen LogP contribution in [0.25, 0.3) is 5.69 Å². The van der Waals surface area contributed by atoms with E-state index in [-0.39, 0.29) is 12.3 Å². The number of hydrogen-bond acceptors (Lipinski definition) is 9. The molecule has 1 amide bonds. The van der Waals surface area contributed by atoms with Crippen LogP contribution < -0.4 is 15.8 Å². The van der Waals surface area contributed by atoms with Gasteiger partial charge >= 0.3 is 0 Å². The first-order valence-corrected chi connectivity index (χ1v) is 14.1. The Morgan fingerprint density at radius 2 is 1.85 bits per heavy atom. The summed E-state index contributed by atoms with van der Waals surface area (Å²) in [5, 5.41) is 11.6. The summed E-state index contributed by atoms with van der Waals surface area (Å²) in [4.78, 5) is 18.9. The lowest BCUT2D eigenvalue weighted by Gasteiger charge is -2.14. The van der Waals surface area contributed by atoms with Gasteiger partial charge in [0, 0.05) is 34.9 Å². The number of ether oxygens (including phenoxy) is 3. The Balaban J connectivity index is 1.58. The minimum absolute atomic E-state index is 0.0822. The maximum atomic E-state index is 12.6. The first kappa shape index (κ1) is 28.8. The van der Waals surface area contributed by atoms with Crippen molar-refractivity contribution in [2.75, 3.05) is 52.4 Å². The topological polar surface area (TPSA) is 126 Å². The molecule has 208 valence electrons. The highest BCUT2D eigenvalue weighted by molar-refractivity contribution is 7.99. The van der Waals surface area contributed by atoms with Crippen molar-refractivity contribution < 1.29 is 19.0 Å². The molecule has 2 heterocycles. The van der Waals surface area contributed by atoms with E-state index in [9.17, 15) is 4.79 Å². The van der Waals surface area contributed by atoms with Crippen LogP contribution in [0.3, 0.4) is 0 Å². The molecule has 39 heavy (non-hydrogen) atoms. The fraction of sp³-hybridized carbons (Fsp3) is 0.429. The molecule has 0 saturated heterocycles. The van der Waals surface area contributed by atoms with Crippen LogP contribution in [0, 0.1) is 6.92 Å². The molecule has 11 heteroatoms. The molecular weight excluding hydrogens is 516 g/mol. The van der Waals surface area contributed by atoms with Crippen molar-refractivity contribution in [2.45, 2.75) is 31.2 Å². The van der Waals surface area contributed by atoms with Gasteiger partial charge in [0.05, 0.1) is 51.4 Å². The highest BCUT2D eigenvalue weighted by Crippen LogP contribution is 2.34. The lowest BCUT2D eigenvalue weighted by molar-refractivity contribution is -0.121. The van der Waals surface area contributed by atoms with Crippen molar-refractivity contribution in [1.82, 2.24) is 20.1 Å². The molecule has 0 fully saturated rings. The summed E-state index contributed by atoms with van der Waals surface area (Å²) < 4.78 is 18.5. The van der Waals surface area contributed by atoms with Crippen LogP contribution >= 0.6 is 11.8 Å². The number of hydrogen-bond donors (Lipinski definition) is 2. The predicted molar refractivity (Wildman–Crippen MR) is 152 cm³/mol. The van der Waals surface area contributed by atoms with Gasteiger partial charge in [-0.15, -0.1) is 22.0 Å². The number of thioether (sulfide) groups is 1. The van der Waals surface area contributed by atoms with Crippen LogP contribution in [-0.4, -0.2) is 78.8 Å². The molecule has 1 aliphatic rings. The third-order valence-corrected chi connectivity index (χ3v) is 7.12. The maximum absolute atomic E-state index is 12.6. The number of benzene rings is 2. The minimum atomic E-state index is -0.494. The van der Waals surface area contributed by atoms with Crippen LogP contribution in [0.5, 0.6) is 5.75 Å². The van der Waals surface area contributed by atoms with Gasteiger partial charge in [-0.3, -0.25) is 14.4 Å². The van der Waals surface area contributed by atoms with E-state index >= 15 is 0 Å². The monoisotopic (exact) mass is 552 g/mol. The van der Waals surface area contributed by atoms with Crippen LogP contribution in [0.15, 0.2) is 52.4 Å². The lowest BCUT2D eigenvalue weighted by Crippen LogP contribution is -2.25. The molecule has 0 spiro atoms. The number of nitrogens with zero attached hydrogens (tertiary/aromatic N) is 4. The average molecular weight is 553 g/mol. The molecule has 1 aliphatic heterocycles. The molecule has 3 N–H and O–H groups in total. The summed E-state index contributed by atoms with van der Waals surface area (Å²) in [6.45, 7) is 7.19. The summed E-state index contributed by atoms with van der Waals surface area (Å²) in [7, 11) is 1.64. The first-order chi connectivity index (χ1) is 19.0. The maximum Gasteiger partial charge on any atom is 0.222 e. The van der Waals surface area contributed by atoms with Crippen molar-refractivity contribution >= 4 is 23.4 Å². The largest absolute Gasteiger partial charge is 0.497 e. The zero-order valence-electron chi connectivity index (χ0n) is 22.7. The number of aryl methyl sites for hydroxylation is 1. The highest BCUT2D eigenvalue weighted by Gasteiger charge is 2.30. The van der Waals surface area contributed by atoms with Gasteiger partial charge in [-0.2, -0.15) is 0 Å². The molecule has 0 aliphatic carbocycles. The number of aromatic nitrogens is 3.